The van der Waals surface area contributed by atoms with Crippen LogP contribution in [0.2, 0.25) is 0 Å². The van der Waals surface area contributed by atoms with Gasteiger partial charge in [-0.1, -0.05) is 32.0 Å². The van der Waals surface area contributed by atoms with E-state index in [0.29, 0.717) is 11.3 Å². The molecule has 0 heterocycles. The first kappa shape index (κ1) is 20.5. The van der Waals surface area contributed by atoms with Crippen molar-refractivity contribution in [3.63, 3.8) is 0 Å². The van der Waals surface area contributed by atoms with Crippen LogP contribution < -0.4 is 10.1 Å². The summed E-state index contributed by atoms with van der Waals surface area (Å²) in [6.45, 7) is 7.55. The van der Waals surface area contributed by atoms with Gasteiger partial charge in [0.2, 0.25) is 0 Å². The minimum absolute atomic E-state index is 0.159. The molecular formula is C22H27NO4. The highest BCUT2D eigenvalue weighted by Crippen LogP contribution is 2.23. The predicted octanol–water partition coefficient (Wildman–Crippen LogP) is 4.39. The van der Waals surface area contributed by atoms with Gasteiger partial charge in [-0.15, -0.1) is 0 Å². The van der Waals surface area contributed by atoms with Gasteiger partial charge in [0.15, 0.2) is 6.61 Å². The minimum Gasteiger partial charge on any atom is -0.482 e. The minimum atomic E-state index is -0.421. The fourth-order valence-electron chi connectivity index (χ4n) is 2.73. The normalized spacial score (nSPS) is 10.6. The lowest BCUT2D eigenvalue weighted by Crippen LogP contribution is -2.18. The van der Waals surface area contributed by atoms with Gasteiger partial charge in [-0.2, -0.15) is 0 Å². The summed E-state index contributed by atoms with van der Waals surface area (Å²) in [5, 5.41) is 3.03. The third-order valence-electron chi connectivity index (χ3n) is 4.08. The van der Waals surface area contributed by atoms with Crippen molar-refractivity contribution < 1.29 is 19.1 Å². The van der Waals surface area contributed by atoms with Crippen molar-refractivity contribution in [2.75, 3.05) is 11.9 Å². The largest absolute Gasteiger partial charge is 0.482 e. The van der Waals surface area contributed by atoms with Crippen molar-refractivity contribution in [2.45, 2.75) is 46.6 Å². The summed E-state index contributed by atoms with van der Waals surface area (Å²) in [4.78, 5) is 24.1. The lowest BCUT2D eigenvalue weighted by Gasteiger charge is -2.14. The van der Waals surface area contributed by atoms with Gasteiger partial charge in [0.25, 0.3) is 5.91 Å². The van der Waals surface area contributed by atoms with Crippen molar-refractivity contribution in [3.05, 3.63) is 59.2 Å². The first-order chi connectivity index (χ1) is 12.9. The number of hydrogen-bond acceptors (Lipinski definition) is 4. The summed E-state index contributed by atoms with van der Waals surface area (Å²) >= 11 is 0. The highest BCUT2D eigenvalue weighted by atomic mass is 16.6. The number of carbonyl (C=O) groups excluding carboxylic acids is 2. The summed E-state index contributed by atoms with van der Waals surface area (Å²) in [6.07, 6.45) is 1.52. The van der Waals surface area contributed by atoms with Gasteiger partial charge in [0.1, 0.15) is 5.75 Å². The zero-order valence-corrected chi connectivity index (χ0v) is 16.4. The Morgan fingerprint density at radius 3 is 2.07 bits per heavy atom. The maximum absolute atomic E-state index is 12.6. The molecule has 0 spiro atoms. The standard InChI is InChI=1S/C22H27NO4/c1-5-16-8-7-9-17(6-2)21(16)23-22(25)18-10-12-19(13-11-18)26-14-20(24)27-15(3)4/h7-13,15H,5-6,14H2,1-4H3,(H,23,25). The average molecular weight is 369 g/mol. The van der Waals surface area contributed by atoms with E-state index >= 15 is 0 Å². The van der Waals surface area contributed by atoms with E-state index in [4.69, 9.17) is 9.47 Å². The fraction of sp³-hybridized carbons (Fsp3) is 0.364. The van der Waals surface area contributed by atoms with Gasteiger partial charge in [-0.05, 0) is 62.1 Å². The Morgan fingerprint density at radius 1 is 0.963 bits per heavy atom. The van der Waals surface area contributed by atoms with E-state index in [-0.39, 0.29) is 18.6 Å². The number of para-hydroxylation sites is 1. The molecule has 5 heteroatoms. The number of ether oxygens (including phenoxy) is 2. The van der Waals surface area contributed by atoms with E-state index in [2.05, 4.69) is 19.2 Å². The first-order valence-electron chi connectivity index (χ1n) is 9.29. The maximum Gasteiger partial charge on any atom is 0.344 e. The topological polar surface area (TPSA) is 64.6 Å². The summed E-state index contributed by atoms with van der Waals surface area (Å²) in [7, 11) is 0. The Morgan fingerprint density at radius 2 is 1.56 bits per heavy atom. The van der Waals surface area contributed by atoms with Crippen molar-refractivity contribution in [1.29, 1.82) is 0 Å². The molecule has 0 saturated heterocycles. The first-order valence-corrected chi connectivity index (χ1v) is 9.29. The van der Waals surface area contributed by atoms with Crippen molar-refractivity contribution >= 4 is 17.6 Å². The van der Waals surface area contributed by atoms with Crippen LogP contribution in [0, 0.1) is 0 Å². The second-order valence-corrected chi connectivity index (χ2v) is 6.46. The number of nitrogens with one attached hydrogen (secondary N) is 1. The molecule has 0 bridgehead atoms. The Hall–Kier alpha value is -2.82. The van der Waals surface area contributed by atoms with E-state index < -0.39 is 5.97 Å². The van der Waals surface area contributed by atoms with Gasteiger partial charge in [-0.3, -0.25) is 4.79 Å². The molecule has 0 saturated carbocycles. The van der Waals surface area contributed by atoms with Crippen molar-refractivity contribution in [3.8, 4) is 5.75 Å². The van der Waals surface area contributed by atoms with E-state index in [1.807, 2.05) is 18.2 Å². The lowest BCUT2D eigenvalue weighted by atomic mass is 10.0. The highest BCUT2D eigenvalue weighted by Gasteiger charge is 2.12. The predicted molar refractivity (Wildman–Crippen MR) is 106 cm³/mol. The molecule has 2 aromatic carbocycles. The fourth-order valence-corrected chi connectivity index (χ4v) is 2.73. The third-order valence-corrected chi connectivity index (χ3v) is 4.08. The second-order valence-electron chi connectivity index (χ2n) is 6.46. The van der Waals surface area contributed by atoms with Gasteiger partial charge in [-0.25, -0.2) is 4.79 Å². The summed E-state index contributed by atoms with van der Waals surface area (Å²) < 4.78 is 10.4. The third kappa shape index (κ3) is 5.84. The van der Waals surface area contributed by atoms with Gasteiger partial charge >= 0.3 is 5.97 Å². The van der Waals surface area contributed by atoms with Crippen LogP contribution in [-0.2, 0) is 22.4 Å². The van der Waals surface area contributed by atoms with Crippen LogP contribution in [0.4, 0.5) is 5.69 Å². The van der Waals surface area contributed by atoms with Gasteiger partial charge < -0.3 is 14.8 Å². The molecule has 0 aromatic heterocycles. The molecule has 0 aliphatic rings. The SMILES string of the molecule is CCc1cccc(CC)c1NC(=O)c1ccc(OCC(=O)OC(C)C)cc1. The molecular weight excluding hydrogens is 342 g/mol. The molecule has 144 valence electrons. The number of hydrogen-bond donors (Lipinski definition) is 1. The maximum atomic E-state index is 12.6. The van der Waals surface area contributed by atoms with Crippen LogP contribution in [0.1, 0.15) is 49.2 Å². The van der Waals surface area contributed by atoms with Crippen molar-refractivity contribution in [1.82, 2.24) is 0 Å². The summed E-state index contributed by atoms with van der Waals surface area (Å²) in [5.74, 6) is -0.0816. The monoisotopic (exact) mass is 369 g/mol. The summed E-state index contributed by atoms with van der Waals surface area (Å²) in [6, 6.07) is 12.8. The quantitative estimate of drug-likeness (QED) is 0.701. The Labute approximate surface area is 160 Å². The van der Waals surface area contributed by atoms with Crippen LogP contribution >= 0.6 is 0 Å². The van der Waals surface area contributed by atoms with Crippen molar-refractivity contribution in [2.24, 2.45) is 0 Å². The molecule has 2 aromatic rings. The molecule has 0 radical (unpaired) electrons. The highest BCUT2D eigenvalue weighted by molar-refractivity contribution is 6.05. The number of esters is 1. The number of benzene rings is 2. The second kappa shape index (κ2) is 9.76. The number of rotatable bonds is 8. The zero-order valence-electron chi connectivity index (χ0n) is 16.4. The van der Waals surface area contributed by atoms with E-state index in [0.717, 1.165) is 29.7 Å². The Balaban J connectivity index is 2.03. The molecule has 0 aliphatic heterocycles. The number of aryl methyl sites for hydroxylation is 2. The molecule has 0 atom stereocenters. The molecule has 27 heavy (non-hydrogen) atoms. The van der Waals surface area contributed by atoms with E-state index in [1.54, 1.807) is 38.1 Å². The number of anilines is 1. The van der Waals surface area contributed by atoms with Crippen LogP contribution in [0.3, 0.4) is 0 Å². The smallest absolute Gasteiger partial charge is 0.344 e. The number of carbonyl (C=O) groups is 2. The zero-order chi connectivity index (χ0) is 19.8. The van der Waals surface area contributed by atoms with Crippen LogP contribution in [0.5, 0.6) is 5.75 Å². The average Bonchev–Trinajstić information content (AvgIpc) is 2.66. The molecule has 0 aliphatic carbocycles. The molecule has 0 unspecified atom stereocenters. The van der Waals surface area contributed by atoms with E-state index in [9.17, 15) is 9.59 Å². The number of amides is 1. The van der Waals surface area contributed by atoms with Gasteiger partial charge in [0, 0.05) is 11.3 Å². The Bertz CT molecular complexity index is 759. The van der Waals surface area contributed by atoms with Crippen LogP contribution in [0.25, 0.3) is 0 Å². The lowest BCUT2D eigenvalue weighted by molar-refractivity contribution is -0.149. The molecule has 5 nitrogen and oxygen atoms in total. The molecule has 1 N–H and O–H groups in total. The van der Waals surface area contributed by atoms with E-state index in [1.165, 1.54) is 0 Å². The molecule has 2 rings (SSSR count). The molecule has 0 fully saturated rings. The Kier molecular flexibility index (Phi) is 7.41. The van der Waals surface area contributed by atoms with Crippen LogP contribution in [0.15, 0.2) is 42.5 Å². The molecule has 1 amide bonds. The van der Waals surface area contributed by atoms with Crippen LogP contribution in [-0.4, -0.2) is 24.6 Å². The summed E-state index contributed by atoms with van der Waals surface area (Å²) in [5.41, 5.74) is 3.65. The van der Waals surface area contributed by atoms with Gasteiger partial charge in [0.05, 0.1) is 6.10 Å².